The Morgan fingerprint density at radius 3 is 3.06 bits per heavy atom. The molecule has 1 aliphatic rings. The van der Waals surface area contributed by atoms with Crippen LogP contribution >= 0.6 is 0 Å². The SMILES string of the molecule is COC(=O)N1CCc2nc(CN)[nH]c(=O)c2C1. The first-order valence-corrected chi connectivity index (χ1v) is 5.29. The molecule has 92 valence electrons. The number of methoxy groups -OCH3 is 1. The first-order chi connectivity index (χ1) is 8.15. The van der Waals surface area contributed by atoms with E-state index in [1.807, 2.05) is 0 Å². The summed E-state index contributed by atoms with van der Waals surface area (Å²) >= 11 is 0. The lowest BCUT2D eigenvalue weighted by atomic mass is 10.1. The quantitative estimate of drug-likeness (QED) is 0.677. The molecule has 0 spiro atoms. The molecule has 2 heterocycles. The van der Waals surface area contributed by atoms with E-state index in [4.69, 9.17) is 5.73 Å². The number of hydrogen-bond acceptors (Lipinski definition) is 5. The summed E-state index contributed by atoms with van der Waals surface area (Å²) in [7, 11) is 1.32. The van der Waals surface area contributed by atoms with E-state index in [1.165, 1.54) is 12.0 Å². The van der Waals surface area contributed by atoms with Crippen molar-refractivity contribution in [3.63, 3.8) is 0 Å². The van der Waals surface area contributed by atoms with Gasteiger partial charge in [-0.3, -0.25) is 4.79 Å². The topological polar surface area (TPSA) is 101 Å². The molecule has 7 nitrogen and oxygen atoms in total. The van der Waals surface area contributed by atoms with Crippen LogP contribution in [-0.2, 0) is 24.2 Å². The number of nitrogens with one attached hydrogen (secondary N) is 1. The van der Waals surface area contributed by atoms with E-state index in [0.29, 0.717) is 30.0 Å². The van der Waals surface area contributed by atoms with Crippen LogP contribution in [0.15, 0.2) is 4.79 Å². The Hall–Kier alpha value is -1.89. The van der Waals surface area contributed by atoms with Gasteiger partial charge in [0.25, 0.3) is 5.56 Å². The molecule has 0 aliphatic carbocycles. The van der Waals surface area contributed by atoms with Crippen LogP contribution < -0.4 is 11.3 Å². The highest BCUT2D eigenvalue weighted by Gasteiger charge is 2.24. The smallest absolute Gasteiger partial charge is 0.409 e. The van der Waals surface area contributed by atoms with E-state index in [-0.39, 0.29) is 18.6 Å². The number of carbonyl (C=O) groups excluding carboxylic acids is 1. The van der Waals surface area contributed by atoms with Crippen LogP contribution in [0.4, 0.5) is 4.79 Å². The minimum atomic E-state index is -0.432. The lowest BCUT2D eigenvalue weighted by molar-refractivity contribution is 0.118. The molecule has 2 rings (SSSR count). The molecule has 0 radical (unpaired) electrons. The molecule has 0 unspecified atom stereocenters. The van der Waals surface area contributed by atoms with Crippen LogP contribution in [0.2, 0.25) is 0 Å². The Morgan fingerprint density at radius 2 is 2.41 bits per heavy atom. The summed E-state index contributed by atoms with van der Waals surface area (Å²) in [5.74, 6) is 0.472. The van der Waals surface area contributed by atoms with Gasteiger partial charge < -0.3 is 20.4 Å². The highest BCUT2D eigenvalue weighted by molar-refractivity contribution is 5.67. The molecule has 3 N–H and O–H groups in total. The zero-order valence-corrected chi connectivity index (χ0v) is 9.52. The fraction of sp³-hybridized carbons (Fsp3) is 0.500. The van der Waals surface area contributed by atoms with E-state index < -0.39 is 6.09 Å². The summed E-state index contributed by atoms with van der Waals surface area (Å²) < 4.78 is 4.62. The van der Waals surface area contributed by atoms with Gasteiger partial charge in [-0.15, -0.1) is 0 Å². The lowest BCUT2D eigenvalue weighted by Gasteiger charge is -2.26. The molecule has 7 heteroatoms. The number of aromatic nitrogens is 2. The van der Waals surface area contributed by atoms with Crippen molar-refractivity contribution in [2.45, 2.75) is 19.5 Å². The van der Waals surface area contributed by atoms with Crippen LogP contribution in [0.3, 0.4) is 0 Å². The number of fused-ring (bicyclic) bond motifs is 1. The average molecular weight is 238 g/mol. The fourth-order valence-electron chi connectivity index (χ4n) is 1.86. The maximum absolute atomic E-state index is 11.8. The van der Waals surface area contributed by atoms with Crippen molar-refractivity contribution in [2.24, 2.45) is 5.73 Å². The molecule has 0 aromatic carbocycles. The molecular formula is C10H14N4O3. The molecule has 1 aromatic heterocycles. The summed E-state index contributed by atoms with van der Waals surface area (Å²) in [6, 6.07) is 0. The van der Waals surface area contributed by atoms with Crippen molar-refractivity contribution in [2.75, 3.05) is 13.7 Å². The zero-order chi connectivity index (χ0) is 12.4. The summed E-state index contributed by atoms with van der Waals surface area (Å²) in [6.45, 7) is 0.929. The van der Waals surface area contributed by atoms with E-state index in [0.717, 1.165) is 0 Å². The number of carbonyl (C=O) groups is 1. The van der Waals surface area contributed by atoms with Crippen molar-refractivity contribution in [1.29, 1.82) is 0 Å². The number of amides is 1. The molecule has 1 aromatic rings. The largest absolute Gasteiger partial charge is 0.453 e. The van der Waals surface area contributed by atoms with Crippen LogP contribution in [-0.4, -0.2) is 34.6 Å². The van der Waals surface area contributed by atoms with E-state index in [9.17, 15) is 9.59 Å². The maximum atomic E-state index is 11.8. The highest BCUT2D eigenvalue weighted by Crippen LogP contribution is 2.14. The molecule has 0 atom stereocenters. The van der Waals surface area contributed by atoms with E-state index >= 15 is 0 Å². The number of nitrogens with zero attached hydrogens (tertiary/aromatic N) is 2. The standard InChI is InChI=1S/C10H14N4O3/c1-17-10(16)14-3-2-7-6(5-14)9(15)13-8(4-11)12-7/h2-5,11H2,1H3,(H,12,13,15). The molecular weight excluding hydrogens is 224 g/mol. The predicted octanol–water partition coefficient (Wildman–Crippen LogP) is -0.647. The molecule has 0 bridgehead atoms. The number of hydrogen-bond donors (Lipinski definition) is 2. The first-order valence-electron chi connectivity index (χ1n) is 5.29. The van der Waals surface area contributed by atoms with E-state index in [2.05, 4.69) is 14.7 Å². The van der Waals surface area contributed by atoms with Gasteiger partial charge in [0.15, 0.2) is 0 Å². The van der Waals surface area contributed by atoms with Gasteiger partial charge in [-0.2, -0.15) is 0 Å². The Bertz CT molecular complexity index is 497. The predicted molar refractivity (Wildman–Crippen MR) is 59.3 cm³/mol. The monoisotopic (exact) mass is 238 g/mol. The third-order valence-electron chi connectivity index (χ3n) is 2.74. The zero-order valence-electron chi connectivity index (χ0n) is 9.52. The number of ether oxygens (including phenoxy) is 1. The Kier molecular flexibility index (Phi) is 3.10. The van der Waals surface area contributed by atoms with Gasteiger partial charge in [-0.05, 0) is 0 Å². The number of H-pyrrole nitrogens is 1. The third-order valence-corrected chi connectivity index (χ3v) is 2.74. The maximum Gasteiger partial charge on any atom is 0.409 e. The minimum Gasteiger partial charge on any atom is -0.453 e. The van der Waals surface area contributed by atoms with Crippen molar-refractivity contribution < 1.29 is 9.53 Å². The van der Waals surface area contributed by atoms with Gasteiger partial charge in [0, 0.05) is 13.0 Å². The second-order valence-corrected chi connectivity index (χ2v) is 3.78. The summed E-state index contributed by atoms with van der Waals surface area (Å²) in [5.41, 5.74) is 6.43. The lowest BCUT2D eigenvalue weighted by Crippen LogP contribution is -2.39. The van der Waals surface area contributed by atoms with Gasteiger partial charge in [0.2, 0.25) is 0 Å². The highest BCUT2D eigenvalue weighted by atomic mass is 16.5. The van der Waals surface area contributed by atoms with E-state index in [1.54, 1.807) is 0 Å². The molecule has 1 aliphatic heterocycles. The molecule has 0 saturated carbocycles. The molecule has 1 amide bonds. The Labute approximate surface area is 97.6 Å². The van der Waals surface area contributed by atoms with Gasteiger partial charge in [-0.25, -0.2) is 9.78 Å². The van der Waals surface area contributed by atoms with Crippen LogP contribution in [0, 0.1) is 0 Å². The van der Waals surface area contributed by atoms with Crippen molar-refractivity contribution >= 4 is 6.09 Å². The van der Waals surface area contributed by atoms with Crippen LogP contribution in [0.5, 0.6) is 0 Å². The van der Waals surface area contributed by atoms with Gasteiger partial charge in [-0.1, -0.05) is 0 Å². The van der Waals surface area contributed by atoms with Crippen LogP contribution in [0.25, 0.3) is 0 Å². The fourth-order valence-corrected chi connectivity index (χ4v) is 1.86. The van der Waals surface area contributed by atoms with Gasteiger partial charge >= 0.3 is 6.09 Å². The number of rotatable bonds is 1. The van der Waals surface area contributed by atoms with Crippen molar-refractivity contribution in [3.8, 4) is 0 Å². The van der Waals surface area contributed by atoms with Crippen LogP contribution in [0.1, 0.15) is 17.1 Å². The Balaban J connectivity index is 2.33. The normalized spacial score (nSPS) is 14.4. The third kappa shape index (κ3) is 2.14. The summed E-state index contributed by atoms with van der Waals surface area (Å²) in [4.78, 5) is 31.5. The second kappa shape index (κ2) is 4.54. The molecule has 0 saturated heterocycles. The van der Waals surface area contributed by atoms with Crippen molar-refractivity contribution in [1.82, 2.24) is 14.9 Å². The first kappa shape index (κ1) is 11.6. The number of aromatic amines is 1. The molecule has 17 heavy (non-hydrogen) atoms. The summed E-state index contributed by atoms with van der Waals surface area (Å²) in [5, 5.41) is 0. The second-order valence-electron chi connectivity index (χ2n) is 3.78. The average Bonchev–Trinajstić information content (AvgIpc) is 2.37. The number of nitrogens with two attached hydrogens (primary N) is 1. The molecule has 0 fully saturated rings. The van der Waals surface area contributed by atoms with Gasteiger partial charge in [0.05, 0.1) is 31.5 Å². The van der Waals surface area contributed by atoms with Crippen molar-refractivity contribution in [3.05, 3.63) is 27.4 Å². The minimum absolute atomic E-state index is 0.198. The summed E-state index contributed by atoms with van der Waals surface area (Å²) in [6.07, 6.45) is 0.111. The van der Waals surface area contributed by atoms with Gasteiger partial charge in [0.1, 0.15) is 5.82 Å². The Morgan fingerprint density at radius 1 is 1.65 bits per heavy atom.